The first-order valence-corrected chi connectivity index (χ1v) is 12.2. The Kier molecular flexibility index (Phi) is 6.73. The first-order chi connectivity index (χ1) is 17.5. The minimum Gasteiger partial charge on any atom is -0.457 e. The van der Waals surface area contributed by atoms with Crippen molar-refractivity contribution in [3.8, 4) is 17.2 Å². The molecule has 0 aliphatic carbocycles. The molecule has 186 valence electrons. The van der Waals surface area contributed by atoms with Crippen molar-refractivity contribution in [2.45, 2.75) is 19.4 Å². The highest BCUT2D eigenvalue weighted by Crippen LogP contribution is 2.37. The van der Waals surface area contributed by atoms with E-state index >= 15 is 0 Å². The van der Waals surface area contributed by atoms with Gasteiger partial charge >= 0.3 is 0 Å². The second kappa shape index (κ2) is 10.2. The first-order valence-electron chi connectivity index (χ1n) is 12.2. The van der Waals surface area contributed by atoms with Gasteiger partial charge in [-0.3, -0.25) is 14.5 Å². The van der Waals surface area contributed by atoms with Crippen LogP contribution in [0.2, 0.25) is 0 Å². The van der Waals surface area contributed by atoms with Crippen molar-refractivity contribution in [3.05, 3.63) is 78.1 Å². The number of allylic oxidation sites excluding steroid dienone is 1. The van der Waals surface area contributed by atoms with Gasteiger partial charge in [0.15, 0.2) is 5.69 Å². The summed E-state index contributed by atoms with van der Waals surface area (Å²) in [7, 11) is 0. The largest absolute Gasteiger partial charge is 0.457 e. The Morgan fingerprint density at radius 2 is 1.72 bits per heavy atom. The summed E-state index contributed by atoms with van der Waals surface area (Å²) >= 11 is 0. The number of hydrogen-bond donors (Lipinski definition) is 2. The highest BCUT2D eigenvalue weighted by Gasteiger charge is 2.35. The number of primary amides is 1. The van der Waals surface area contributed by atoms with E-state index < -0.39 is 5.91 Å². The minimum atomic E-state index is -0.539. The monoisotopic (exact) mass is 486 g/mol. The maximum atomic E-state index is 12.5. The molecule has 2 amide bonds. The molecule has 0 spiro atoms. The molecule has 0 bridgehead atoms. The summed E-state index contributed by atoms with van der Waals surface area (Å²) in [6.07, 6.45) is 4.23. The van der Waals surface area contributed by atoms with Gasteiger partial charge in [0.05, 0.1) is 17.4 Å². The Morgan fingerprint density at radius 3 is 2.39 bits per heavy atom. The predicted octanol–water partition coefficient (Wildman–Crippen LogP) is 3.34. The number of para-hydroxylation sites is 1. The van der Waals surface area contributed by atoms with E-state index in [0.29, 0.717) is 36.8 Å². The van der Waals surface area contributed by atoms with E-state index in [-0.39, 0.29) is 11.9 Å². The molecular formula is C27H30N6O3. The number of aromatic nitrogens is 2. The molecular weight excluding hydrogens is 456 g/mol. The lowest BCUT2D eigenvalue weighted by atomic mass is 10.0. The molecule has 0 saturated carbocycles. The minimum absolute atomic E-state index is 0.0419. The van der Waals surface area contributed by atoms with Crippen molar-refractivity contribution >= 4 is 17.5 Å². The fourth-order valence-corrected chi connectivity index (χ4v) is 4.86. The third-order valence-corrected chi connectivity index (χ3v) is 6.62. The fraction of sp³-hybridized carbons (Fsp3) is 0.296. The van der Waals surface area contributed by atoms with Gasteiger partial charge in [-0.05, 0) is 55.8 Å². The van der Waals surface area contributed by atoms with E-state index in [2.05, 4.69) is 10.2 Å². The number of rotatable bonds is 6. The zero-order chi connectivity index (χ0) is 25.1. The van der Waals surface area contributed by atoms with Crippen LogP contribution in [0, 0.1) is 0 Å². The summed E-state index contributed by atoms with van der Waals surface area (Å²) in [6, 6.07) is 17.0. The number of anilines is 1. The van der Waals surface area contributed by atoms with Gasteiger partial charge in [-0.2, -0.15) is 5.10 Å². The van der Waals surface area contributed by atoms with Gasteiger partial charge in [-0.25, -0.2) is 4.68 Å². The fourth-order valence-electron chi connectivity index (χ4n) is 4.86. The lowest BCUT2D eigenvalue weighted by Crippen LogP contribution is -2.50. The second-order valence-corrected chi connectivity index (χ2v) is 8.89. The summed E-state index contributed by atoms with van der Waals surface area (Å²) in [5.41, 5.74) is 8.40. The number of amides is 2. The van der Waals surface area contributed by atoms with Crippen LogP contribution in [0.1, 0.15) is 35.6 Å². The number of carbonyl (C=O) groups is 2. The van der Waals surface area contributed by atoms with Crippen molar-refractivity contribution in [2.75, 3.05) is 38.0 Å². The zero-order valence-corrected chi connectivity index (χ0v) is 20.3. The molecule has 2 aliphatic rings. The molecule has 0 radical (unpaired) electrons. The number of nitrogens with zero attached hydrogens (tertiary/aromatic N) is 4. The molecule has 9 nitrogen and oxygen atoms in total. The topological polar surface area (TPSA) is 106 Å². The van der Waals surface area contributed by atoms with Crippen LogP contribution >= 0.6 is 0 Å². The molecule has 1 aromatic heterocycles. The maximum absolute atomic E-state index is 12.5. The van der Waals surface area contributed by atoms with Gasteiger partial charge in [0.25, 0.3) is 5.91 Å². The highest BCUT2D eigenvalue weighted by molar-refractivity contribution is 5.98. The van der Waals surface area contributed by atoms with Crippen LogP contribution in [-0.2, 0) is 4.79 Å². The average molecular weight is 487 g/mol. The van der Waals surface area contributed by atoms with E-state index in [1.54, 1.807) is 16.8 Å². The van der Waals surface area contributed by atoms with Gasteiger partial charge in [0.1, 0.15) is 17.2 Å². The average Bonchev–Trinajstić information content (AvgIpc) is 3.30. The van der Waals surface area contributed by atoms with Crippen molar-refractivity contribution in [1.82, 2.24) is 19.6 Å². The Balaban J connectivity index is 1.39. The van der Waals surface area contributed by atoms with Gasteiger partial charge in [-0.15, -0.1) is 0 Å². The lowest BCUT2D eigenvalue weighted by Gasteiger charge is -2.40. The molecule has 1 fully saturated rings. The summed E-state index contributed by atoms with van der Waals surface area (Å²) < 4.78 is 7.51. The number of carbonyl (C=O) groups excluding carboxylic acids is 2. The van der Waals surface area contributed by atoms with Gasteiger partial charge in [-0.1, -0.05) is 24.3 Å². The lowest BCUT2D eigenvalue weighted by molar-refractivity contribution is -0.128. The number of nitrogens with one attached hydrogen (secondary N) is 1. The van der Waals surface area contributed by atoms with E-state index in [4.69, 9.17) is 15.6 Å². The van der Waals surface area contributed by atoms with Crippen LogP contribution in [0.4, 0.5) is 5.69 Å². The van der Waals surface area contributed by atoms with Gasteiger partial charge in [0, 0.05) is 32.7 Å². The number of nitrogens with two attached hydrogens (primary N) is 1. The third-order valence-electron chi connectivity index (χ3n) is 6.62. The Bertz CT molecular complexity index is 1260. The standard InChI is InChI=1S/C27H30N6O3/c1-2-6-23(34)32-17-15-31(16-18-32)22-13-14-29-25-24(22)30-33(26(25)27(28)35)19-9-11-21(12-10-19)36-20-7-4-3-5-8-20/h2-12,22,29H,13-18H2,1H3,(H2,28,35)/b6-2+/t22-/m1/s1. The SMILES string of the molecule is C/C=C/C(=O)N1CCN([C@@H]2CCNc3c2nn(-c2ccc(Oc4ccccc4)cc2)c3C(N)=O)CC1. The molecule has 1 saturated heterocycles. The highest BCUT2D eigenvalue weighted by atomic mass is 16.5. The van der Waals surface area contributed by atoms with Crippen LogP contribution in [0.25, 0.3) is 5.69 Å². The van der Waals surface area contributed by atoms with Crippen LogP contribution in [0.5, 0.6) is 11.5 Å². The number of ether oxygens (including phenoxy) is 1. The summed E-state index contributed by atoms with van der Waals surface area (Å²) in [4.78, 5) is 29.0. The van der Waals surface area contributed by atoms with Crippen molar-refractivity contribution < 1.29 is 14.3 Å². The number of benzene rings is 2. The number of piperazine rings is 1. The van der Waals surface area contributed by atoms with E-state index in [9.17, 15) is 9.59 Å². The molecule has 5 rings (SSSR count). The van der Waals surface area contributed by atoms with E-state index in [1.165, 1.54) is 0 Å². The number of fused-ring (bicyclic) bond motifs is 1. The molecule has 3 N–H and O–H groups in total. The molecule has 0 unspecified atom stereocenters. The number of hydrogen-bond acceptors (Lipinski definition) is 6. The molecule has 1 atom stereocenters. The molecule has 3 aromatic rings. The van der Waals surface area contributed by atoms with Crippen molar-refractivity contribution in [2.24, 2.45) is 5.73 Å². The van der Waals surface area contributed by atoms with E-state index in [0.717, 1.165) is 36.6 Å². The summed E-state index contributed by atoms with van der Waals surface area (Å²) in [5, 5.41) is 8.23. The molecule has 9 heteroatoms. The van der Waals surface area contributed by atoms with Crippen molar-refractivity contribution in [3.63, 3.8) is 0 Å². The van der Waals surface area contributed by atoms with Crippen LogP contribution < -0.4 is 15.8 Å². The Morgan fingerprint density at radius 1 is 1.03 bits per heavy atom. The van der Waals surface area contributed by atoms with Crippen molar-refractivity contribution in [1.29, 1.82) is 0 Å². The van der Waals surface area contributed by atoms with Gasteiger partial charge in [0.2, 0.25) is 5.91 Å². The summed E-state index contributed by atoms with van der Waals surface area (Å²) in [5.74, 6) is 0.937. The zero-order valence-electron chi connectivity index (χ0n) is 20.3. The molecule has 3 heterocycles. The second-order valence-electron chi connectivity index (χ2n) is 8.89. The van der Waals surface area contributed by atoms with Crippen LogP contribution in [0.3, 0.4) is 0 Å². The predicted molar refractivity (Wildman–Crippen MR) is 137 cm³/mol. The van der Waals surface area contributed by atoms with Crippen LogP contribution in [-0.4, -0.2) is 64.1 Å². The Labute approximate surface area is 210 Å². The van der Waals surface area contributed by atoms with E-state index in [1.807, 2.05) is 66.4 Å². The molecule has 2 aromatic carbocycles. The quantitative estimate of drug-likeness (QED) is 0.518. The summed E-state index contributed by atoms with van der Waals surface area (Å²) in [6.45, 7) is 5.38. The molecule has 36 heavy (non-hydrogen) atoms. The first kappa shape index (κ1) is 23.6. The third kappa shape index (κ3) is 4.70. The van der Waals surface area contributed by atoms with Crippen LogP contribution in [0.15, 0.2) is 66.7 Å². The normalized spacial score (nSPS) is 18.0. The maximum Gasteiger partial charge on any atom is 0.269 e. The Hall–Kier alpha value is -4.11. The molecule has 2 aliphatic heterocycles. The van der Waals surface area contributed by atoms with Gasteiger partial charge < -0.3 is 20.7 Å². The smallest absolute Gasteiger partial charge is 0.269 e.